The molecule has 0 radical (unpaired) electrons. The zero-order chi connectivity index (χ0) is 18.9. The summed E-state index contributed by atoms with van der Waals surface area (Å²) in [4.78, 5) is 24.4. The molecule has 1 aliphatic heterocycles. The van der Waals surface area contributed by atoms with Crippen molar-refractivity contribution in [3.8, 4) is 0 Å². The highest BCUT2D eigenvalue weighted by molar-refractivity contribution is 5.93. The third-order valence-electron chi connectivity index (χ3n) is 4.43. The van der Waals surface area contributed by atoms with E-state index in [2.05, 4.69) is 5.32 Å². The lowest BCUT2D eigenvalue weighted by molar-refractivity contribution is -0.136. The van der Waals surface area contributed by atoms with E-state index in [1.807, 2.05) is 44.2 Å². The molecule has 1 heterocycles. The van der Waals surface area contributed by atoms with Crippen molar-refractivity contribution in [1.82, 2.24) is 5.32 Å². The van der Waals surface area contributed by atoms with E-state index in [1.165, 1.54) is 7.11 Å². The van der Waals surface area contributed by atoms with Crippen LogP contribution < -0.4 is 5.32 Å². The Balaban J connectivity index is 2.10. The van der Waals surface area contributed by atoms with Crippen molar-refractivity contribution in [2.24, 2.45) is 0 Å². The molecule has 0 unspecified atom stereocenters. The zero-order valence-corrected chi connectivity index (χ0v) is 15.6. The van der Waals surface area contributed by atoms with Crippen LogP contribution in [0.4, 0.5) is 4.79 Å². The largest absolute Gasteiger partial charge is 0.464 e. The third kappa shape index (κ3) is 5.59. The zero-order valence-electron chi connectivity index (χ0n) is 15.6. The van der Waals surface area contributed by atoms with Gasteiger partial charge in [-0.25, -0.2) is 9.59 Å². The van der Waals surface area contributed by atoms with Crippen molar-refractivity contribution in [2.75, 3.05) is 7.11 Å². The van der Waals surface area contributed by atoms with Gasteiger partial charge in [0.15, 0.2) is 0 Å². The first-order valence-corrected chi connectivity index (χ1v) is 9.00. The molecule has 2 atom stereocenters. The number of nitrogens with one attached hydrogen (secondary N) is 1. The van der Waals surface area contributed by atoms with Crippen molar-refractivity contribution in [3.63, 3.8) is 0 Å². The molecule has 1 fully saturated rings. The Hall–Kier alpha value is -2.34. The summed E-state index contributed by atoms with van der Waals surface area (Å²) in [6, 6.07) is 9.36. The van der Waals surface area contributed by atoms with Crippen LogP contribution in [0.5, 0.6) is 0 Å². The molecule has 2 rings (SSSR count). The molecular weight excluding hydrogens is 334 g/mol. The topological polar surface area (TPSA) is 73.9 Å². The molecule has 1 aliphatic rings. The van der Waals surface area contributed by atoms with Gasteiger partial charge in [-0.05, 0) is 36.8 Å². The van der Waals surface area contributed by atoms with Crippen LogP contribution in [0.15, 0.2) is 41.6 Å². The summed E-state index contributed by atoms with van der Waals surface area (Å²) in [7, 11) is 1.30. The highest BCUT2D eigenvalue weighted by atomic mass is 16.6. The molecule has 0 saturated carbocycles. The van der Waals surface area contributed by atoms with E-state index in [1.54, 1.807) is 0 Å². The molecule has 1 N–H and O–H groups in total. The van der Waals surface area contributed by atoms with Gasteiger partial charge in [0.2, 0.25) is 0 Å². The van der Waals surface area contributed by atoms with Crippen LogP contribution in [-0.4, -0.2) is 31.4 Å². The first kappa shape index (κ1) is 20.0. The first-order chi connectivity index (χ1) is 12.6. The molecule has 1 saturated heterocycles. The number of hydrogen-bond acceptors (Lipinski definition) is 5. The molecule has 1 aromatic carbocycles. The van der Waals surface area contributed by atoms with Gasteiger partial charge in [0.05, 0.1) is 19.3 Å². The highest BCUT2D eigenvalue weighted by Gasteiger charge is 2.29. The second-order valence-electron chi connectivity index (χ2n) is 6.26. The molecule has 0 aromatic heterocycles. The van der Waals surface area contributed by atoms with Crippen LogP contribution in [-0.2, 0) is 25.6 Å². The molecule has 1 amide bonds. The predicted octanol–water partition coefficient (Wildman–Crippen LogP) is 3.71. The van der Waals surface area contributed by atoms with Crippen LogP contribution in [0.25, 0.3) is 0 Å². The Kier molecular flexibility index (Phi) is 7.66. The molecule has 6 nitrogen and oxygen atoms in total. The number of carbonyl (C=O) groups excluding carboxylic acids is 2. The number of ether oxygens (including phenoxy) is 3. The Labute approximate surface area is 154 Å². The van der Waals surface area contributed by atoms with Gasteiger partial charge in [-0.3, -0.25) is 5.32 Å². The summed E-state index contributed by atoms with van der Waals surface area (Å²) in [6.45, 7) is 4.22. The monoisotopic (exact) mass is 361 g/mol. The van der Waals surface area contributed by atoms with E-state index in [0.29, 0.717) is 12.8 Å². The van der Waals surface area contributed by atoms with Crippen LogP contribution in [0.3, 0.4) is 0 Å². The predicted molar refractivity (Wildman–Crippen MR) is 97.3 cm³/mol. The summed E-state index contributed by atoms with van der Waals surface area (Å²) in [6.07, 6.45) is 2.26. The number of esters is 1. The second kappa shape index (κ2) is 9.97. The van der Waals surface area contributed by atoms with Gasteiger partial charge in [0.1, 0.15) is 12.3 Å². The summed E-state index contributed by atoms with van der Waals surface area (Å²) in [5.74, 6) is -0.566. The van der Waals surface area contributed by atoms with Crippen LogP contribution in [0.1, 0.15) is 45.1 Å². The fourth-order valence-corrected chi connectivity index (χ4v) is 2.93. The number of alkyl carbamates (subject to hydrolysis) is 1. The van der Waals surface area contributed by atoms with Gasteiger partial charge in [-0.15, -0.1) is 0 Å². The average molecular weight is 361 g/mol. The number of hydrogen-bond donors (Lipinski definition) is 1. The molecule has 26 heavy (non-hydrogen) atoms. The number of methoxy groups -OCH3 is 1. The Morgan fingerprint density at radius 2 is 1.73 bits per heavy atom. The van der Waals surface area contributed by atoms with Gasteiger partial charge in [0, 0.05) is 0 Å². The first-order valence-electron chi connectivity index (χ1n) is 9.00. The minimum absolute atomic E-state index is 0.0329. The third-order valence-corrected chi connectivity index (χ3v) is 4.43. The van der Waals surface area contributed by atoms with Gasteiger partial charge >= 0.3 is 12.1 Å². The van der Waals surface area contributed by atoms with Crippen molar-refractivity contribution in [1.29, 1.82) is 0 Å². The fraction of sp³-hybridized carbons (Fsp3) is 0.500. The van der Waals surface area contributed by atoms with Crippen molar-refractivity contribution < 1.29 is 23.8 Å². The maximum Gasteiger partial charge on any atom is 0.412 e. The second-order valence-corrected chi connectivity index (χ2v) is 6.26. The van der Waals surface area contributed by atoms with Gasteiger partial charge in [0.25, 0.3) is 0 Å². The SMILES string of the molecule is CC[C@@H]1C/C(=C(/NC(=O)OCc2ccccc2)C(=O)OC)C[C@H](CC)O1. The smallest absolute Gasteiger partial charge is 0.412 e. The Morgan fingerprint density at radius 3 is 2.27 bits per heavy atom. The normalized spacial score (nSPS) is 21.7. The van der Waals surface area contributed by atoms with E-state index in [-0.39, 0.29) is 24.5 Å². The summed E-state index contributed by atoms with van der Waals surface area (Å²) < 4.78 is 16.0. The maximum atomic E-state index is 12.2. The number of benzene rings is 1. The highest BCUT2D eigenvalue weighted by Crippen LogP contribution is 2.29. The molecule has 0 aliphatic carbocycles. The lowest BCUT2D eigenvalue weighted by Crippen LogP contribution is -2.35. The molecule has 0 spiro atoms. The lowest BCUT2D eigenvalue weighted by atomic mass is 9.93. The van der Waals surface area contributed by atoms with Crippen molar-refractivity contribution in [3.05, 3.63) is 47.2 Å². The quantitative estimate of drug-likeness (QED) is 0.618. The van der Waals surface area contributed by atoms with Crippen LogP contribution in [0.2, 0.25) is 0 Å². The fourth-order valence-electron chi connectivity index (χ4n) is 2.93. The minimum atomic E-state index is -0.672. The van der Waals surface area contributed by atoms with Gasteiger partial charge in [-0.1, -0.05) is 44.2 Å². The van der Waals surface area contributed by atoms with Crippen molar-refractivity contribution >= 4 is 12.1 Å². The van der Waals surface area contributed by atoms with Crippen molar-refractivity contribution in [2.45, 2.75) is 58.3 Å². The summed E-state index contributed by atoms with van der Waals surface area (Å²) >= 11 is 0. The maximum absolute atomic E-state index is 12.2. The Bertz CT molecular complexity index is 627. The van der Waals surface area contributed by atoms with Gasteiger partial charge in [-0.2, -0.15) is 0 Å². The van der Waals surface area contributed by atoms with E-state index in [0.717, 1.165) is 24.0 Å². The lowest BCUT2D eigenvalue weighted by Gasteiger charge is -2.32. The van der Waals surface area contributed by atoms with Crippen LogP contribution >= 0.6 is 0 Å². The van der Waals surface area contributed by atoms with E-state index in [4.69, 9.17) is 14.2 Å². The average Bonchev–Trinajstić information content (AvgIpc) is 2.70. The number of amides is 1. The molecule has 0 bridgehead atoms. The molecule has 142 valence electrons. The standard InChI is InChI=1S/C20H27NO5/c1-4-16-11-15(12-17(5-2)26-16)18(19(22)24-3)21-20(23)25-13-14-9-7-6-8-10-14/h6-10,16-17H,4-5,11-13H2,1-3H3,(H,21,23)/b18-15-/t16-,17+/m1/s1. The van der Waals surface area contributed by atoms with Crippen LogP contribution in [0, 0.1) is 0 Å². The van der Waals surface area contributed by atoms with E-state index < -0.39 is 12.1 Å². The molecular formula is C20H27NO5. The Morgan fingerprint density at radius 1 is 1.12 bits per heavy atom. The summed E-state index contributed by atoms with van der Waals surface area (Å²) in [5, 5.41) is 2.59. The van der Waals surface area contributed by atoms with E-state index >= 15 is 0 Å². The minimum Gasteiger partial charge on any atom is -0.464 e. The summed E-state index contributed by atoms with van der Waals surface area (Å²) in [5.41, 5.74) is 1.89. The molecule has 1 aromatic rings. The molecule has 6 heteroatoms. The van der Waals surface area contributed by atoms with E-state index in [9.17, 15) is 9.59 Å². The van der Waals surface area contributed by atoms with Gasteiger partial charge < -0.3 is 14.2 Å². The number of rotatable bonds is 6. The number of carbonyl (C=O) groups is 2.